The van der Waals surface area contributed by atoms with Crippen LogP contribution >= 0.6 is 0 Å². The van der Waals surface area contributed by atoms with E-state index in [0.29, 0.717) is 12.6 Å². The van der Waals surface area contributed by atoms with Crippen molar-refractivity contribution in [1.82, 2.24) is 4.90 Å². The zero-order chi connectivity index (χ0) is 13.1. The van der Waals surface area contributed by atoms with E-state index in [2.05, 4.69) is 37.1 Å². The highest BCUT2D eigenvalue weighted by Crippen LogP contribution is 2.35. The number of ether oxygens (including phenoxy) is 1. The maximum absolute atomic E-state index is 5.68. The molecule has 0 aliphatic heterocycles. The van der Waals surface area contributed by atoms with Gasteiger partial charge in [-0.1, -0.05) is 12.1 Å². The Morgan fingerprint density at radius 2 is 2.17 bits per heavy atom. The number of nitrogens with zero attached hydrogens (tertiary/aromatic N) is 1. The van der Waals surface area contributed by atoms with Gasteiger partial charge in [0.2, 0.25) is 0 Å². The minimum atomic E-state index is 0.526. The molecule has 1 atom stereocenters. The Morgan fingerprint density at radius 3 is 2.72 bits per heavy atom. The molecule has 2 N–H and O–H groups in total. The van der Waals surface area contributed by atoms with Crippen molar-refractivity contribution in [2.75, 3.05) is 14.2 Å². The van der Waals surface area contributed by atoms with Crippen molar-refractivity contribution >= 4 is 0 Å². The maximum atomic E-state index is 5.68. The first-order chi connectivity index (χ1) is 8.65. The van der Waals surface area contributed by atoms with Gasteiger partial charge in [0.15, 0.2) is 0 Å². The Bertz CT molecular complexity index is 401. The molecular weight excluding hydrogens is 224 g/mol. The van der Waals surface area contributed by atoms with Gasteiger partial charge in [-0.25, -0.2) is 0 Å². The van der Waals surface area contributed by atoms with E-state index < -0.39 is 0 Å². The van der Waals surface area contributed by atoms with Gasteiger partial charge in [0, 0.05) is 24.7 Å². The van der Waals surface area contributed by atoms with Gasteiger partial charge >= 0.3 is 0 Å². The molecule has 100 valence electrons. The van der Waals surface area contributed by atoms with Crippen molar-refractivity contribution in [3.05, 3.63) is 29.3 Å². The summed E-state index contributed by atoms with van der Waals surface area (Å²) in [5, 5.41) is 0. The highest BCUT2D eigenvalue weighted by Gasteiger charge is 2.30. The third kappa shape index (κ3) is 3.03. The molecule has 1 aromatic carbocycles. The quantitative estimate of drug-likeness (QED) is 0.840. The molecule has 2 rings (SSSR count). The van der Waals surface area contributed by atoms with Gasteiger partial charge in [-0.2, -0.15) is 0 Å². The number of nitrogens with two attached hydrogens (primary N) is 1. The SMILES string of the molecule is COc1cc(CN(C)C(C)C2CC2)ccc1CN. The van der Waals surface area contributed by atoms with Crippen LogP contribution in [0.4, 0.5) is 0 Å². The first kappa shape index (κ1) is 13.4. The lowest BCUT2D eigenvalue weighted by Gasteiger charge is -2.25. The fourth-order valence-corrected chi connectivity index (χ4v) is 2.43. The number of hydrogen-bond acceptors (Lipinski definition) is 3. The summed E-state index contributed by atoms with van der Waals surface area (Å²) in [5.74, 6) is 1.81. The van der Waals surface area contributed by atoms with Gasteiger partial charge in [-0.15, -0.1) is 0 Å². The Hall–Kier alpha value is -1.06. The molecule has 1 aliphatic rings. The number of rotatable bonds is 6. The molecule has 0 bridgehead atoms. The first-order valence-corrected chi connectivity index (χ1v) is 6.71. The van der Waals surface area contributed by atoms with Gasteiger partial charge < -0.3 is 10.5 Å². The molecule has 1 aliphatic carbocycles. The molecule has 18 heavy (non-hydrogen) atoms. The van der Waals surface area contributed by atoms with Gasteiger partial charge in [0.05, 0.1) is 7.11 Å². The number of benzene rings is 1. The standard InChI is InChI=1S/C15H24N2O/c1-11(13-6-7-13)17(2)10-12-4-5-14(9-16)15(8-12)18-3/h4-5,8,11,13H,6-7,9-10,16H2,1-3H3. The summed E-state index contributed by atoms with van der Waals surface area (Å²) < 4.78 is 5.38. The minimum Gasteiger partial charge on any atom is -0.496 e. The van der Waals surface area contributed by atoms with Gasteiger partial charge in [-0.3, -0.25) is 4.90 Å². The Kier molecular flexibility index (Phi) is 4.25. The van der Waals surface area contributed by atoms with Gasteiger partial charge in [-0.05, 0) is 44.4 Å². The molecule has 0 amide bonds. The van der Waals surface area contributed by atoms with Gasteiger partial charge in [0.25, 0.3) is 0 Å². The second kappa shape index (κ2) is 5.72. The van der Waals surface area contributed by atoms with Crippen LogP contribution in [-0.2, 0) is 13.1 Å². The lowest BCUT2D eigenvalue weighted by Crippen LogP contribution is -2.30. The van der Waals surface area contributed by atoms with Crippen LogP contribution in [0.15, 0.2) is 18.2 Å². The van der Waals surface area contributed by atoms with E-state index in [4.69, 9.17) is 10.5 Å². The van der Waals surface area contributed by atoms with E-state index in [1.54, 1.807) is 7.11 Å². The average Bonchev–Trinajstić information content (AvgIpc) is 3.21. The normalized spacial score (nSPS) is 16.9. The summed E-state index contributed by atoms with van der Waals surface area (Å²) in [4.78, 5) is 2.43. The predicted octanol–water partition coefficient (Wildman–Crippen LogP) is 2.38. The number of hydrogen-bond donors (Lipinski definition) is 1. The van der Waals surface area contributed by atoms with E-state index in [1.165, 1.54) is 18.4 Å². The topological polar surface area (TPSA) is 38.5 Å². The van der Waals surface area contributed by atoms with Crippen molar-refractivity contribution in [3.63, 3.8) is 0 Å². The Labute approximate surface area is 110 Å². The lowest BCUT2D eigenvalue weighted by molar-refractivity contribution is 0.226. The zero-order valence-electron chi connectivity index (χ0n) is 11.6. The summed E-state index contributed by atoms with van der Waals surface area (Å²) in [6.45, 7) is 3.82. The van der Waals surface area contributed by atoms with Crippen molar-refractivity contribution in [3.8, 4) is 5.75 Å². The van der Waals surface area contributed by atoms with Crippen LogP contribution in [0, 0.1) is 5.92 Å². The van der Waals surface area contributed by atoms with Gasteiger partial charge in [0.1, 0.15) is 5.75 Å². The van der Waals surface area contributed by atoms with E-state index in [0.717, 1.165) is 23.8 Å². The summed E-state index contributed by atoms with van der Waals surface area (Å²) in [7, 11) is 3.90. The predicted molar refractivity (Wildman–Crippen MR) is 74.5 cm³/mol. The molecule has 1 saturated carbocycles. The summed E-state index contributed by atoms with van der Waals surface area (Å²) in [6.07, 6.45) is 2.78. The van der Waals surface area contributed by atoms with E-state index in [9.17, 15) is 0 Å². The molecule has 3 heteroatoms. The molecule has 1 unspecified atom stereocenters. The summed E-state index contributed by atoms with van der Waals surface area (Å²) in [5.41, 5.74) is 8.04. The fourth-order valence-electron chi connectivity index (χ4n) is 2.43. The van der Waals surface area contributed by atoms with Crippen LogP contribution in [0.3, 0.4) is 0 Å². The molecular formula is C15H24N2O. The molecule has 0 spiro atoms. The molecule has 1 fully saturated rings. The van der Waals surface area contributed by atoms with Crippen LogP contribution in [0.5, 0.6) is 5.75 Å². The van der Waals surface area contributed by atoms with Crippen molar-refractivity contribution < 1.29 is 4.74 Å². The first-order valence-electron chi connectivity index (χ1n) is 6.71. The van der Waals surface area contributed by atoms with E-state index in [1.807, 2.05) is 0 Å². The highest BCUT2D eigenvalue weighted by atomic mass is 16.5. The Morgan fingerprint density at radius 1 is 1.44 bits per heavy atom. The third-order valence-corrected chi connectivity index (χ3v) is 4.00. The monoisotopic (exact) mass is 248 g/mol. The van der Waals surface area contributed by atoms with E-state index in [-0.39, 0.29) is 0 Å². The van der Waals surface area contributed by atoms with Crippen LogP contribution in [0.1, 0.15) is 30.9 Å². The molecule has 3 nitrogen and oxygen atoms in total. The largest absolute Gasteiger partial charge is 0.496 e. The fraction of sp³-hybridized carbons (Fsp3) is 0.600. The smallest absolute Gasteiger partial charge is 0.123 e. The van der Waals surface area contributed by atoms with Crippen LogP contribution in [0.2, 0.25) is 0 Å². The summed E-state index contributed by atoms with van der Waals surface area (Å²) in [6, 6.07) is 7.01. The third-order valence-electron chi connectivity index (χ3n) is 4.00. The van der Waals surface area contributed by atoms with E-state index >= 15 is 0 Å². The molecule has 0 saturated heterocycles. The van der Waals surface area contributed by atoms with Crippen molar-refractivity contribution in [2.24, 2.45) is 11.7 Å². The highest BCUT2D eigenvalue weighted by molar-refractivity contribution is 5.37. The summed E-state index contributed by atoms with van der Waals surface area (Å²) >= 11 is 0. The number of methoxy groups -OCH3 is 1. The molecule has 0 heterocycles. The molecule has 1 aromatic rings. The van der Waals surface area contributed by atoms with Crippen LogP contribution in [0.25, 0.3) is 0 Å². The average molecular weight is 248 g/mol. The second-order valence-corrected chi connectivity index (χ2v) is 5.34. The Balaban J connectivity index is 2.04. The van der Waals surface area contributed by atoms with Crippen molar-refractivity contribution in [1.29, 1.82) is 0 Å². The van der Waals surface area contributed by atoms with Crippen LogP contribution in [-0.4, -0.2) is 25.1 Å². The lowest BCUT2D eigenvalue weighted by atomic mass is 10.1. The minimum absolute atomic E-state index is 0.526. The van der Waals surface area contributed by atoms with Crippen molar-refractivity contribution in [2.45, 2.75) is 38.9 Å². The zero-order valence-corrected chi connectivity index (χ0v) is 11.6. The maximum Gasteiger partial charge on any atom is 0.123 e. The second-order valence-electron chi connectivity index (χ2n) is 5.34. The molecule has 0 aromatic heterocycles. The van der Waals surface area contributed by atoms with Crippen LogP contribution < -0.4 is 10.5 Å². The molecule has 0 radical (unpaired) electrons.